The molecular weight excluding hydrogens is 309 g/mol. The second-order valence-electron chi connectivity index (χ2n) is 3.03. The first-order valence-corrected chi connectivity index (χ1v) is 4.83. The van der Waals surface area contributed by atoms with E-state index < -0.39 is 0 Å². The van der Waals surface area contributed by atoms with Crippen LogP contribution in [0.3, 0.4) is 0 Å². The second kappa shape index (κ2) is 11.2. The maximum Gasteiger partial charge on any atom is 0.0455 e. The number of hydrogen-bond acceptors (Lipinski definition) is 4. The van der Waals surface area contributed by atoms with Crippen molar-refractivity contribution < 1.29 is 39.9 Å². The standard InChI is InChI=1S/C8H20N4.Gd/c1-2-9-4-6-11-8-12-7-5-10-3-1;/h9-12H,1-8H2;. The van der Waals surface area contributed by atoms with E-state index in [9.17, 15) is 0 Å². The quantitative estimate of drug-likeness (QED) is 0.447. The molecule has 1 heterocycles. The van der Waals surface area contributed by atoms with Crippen LogP contribution in [0.15, 0.2) is 0 Å². The molecule has 1 saturated heterocycles. The Bertz CT molecular complexity index is 59.1. The molecule has 0 saturated carbocycles. The molecule has 1 rings (SSSR count). The van der Waals surface area contributed by atoms with Gasteiger partial charge in [-0.05, 0) is 19.5 Å². The Kier molecular flexibility index (Phi) is 12.2. The molecule has 13 heavy (non-hydrogen) atoms. The van der Waals surface area contributed by atoms with E-state index in [4.69, 9.17) is 0 Å². The average Bonchev–Trinajstić information content (AvgIpc) is 2.05. The third-order valence-corrected chi connectivity index (χ3v) is 1.91. The van der Waals surface area contributed by atoms with Gasteiger partial charge in [-0.2, -0.15) is 0 Å². The summed E-state index contributed by atoms with van der Waals surface area (Å²) in [6.45, 7) is 7.43. The van der Waals surface area contributed by atoms with E-state index >= 15 is 0 Å². The summed E-state index contributed by atoms with van der Waals surface area (Å²) in [5, 5.41) is 13.3. The van der Waals surface area contributed by atoms with Crippen molar-refractivity contribution in [1.29, 1.82) is 0 Å². The van der Waals surface area contributed by atoms with Crippen LogP contribution in [-0.2, 0) is 0 Å². The zero-order valence-corrected chi connectivity index (χ0v) is 10.3. The Labute approximate surface area is 113 Å². The van der Waals surface area contributed by atoms with Crippen LogP contribution in [0.5, 0.6) is 0 Å². The van der Waals surface area contributed by atoms with E-state index in [1.807, 2.05) is 0 Å². The zero-order valence-electron chi connectivity index (χ0n) is 8.01. The van der Waals surface area contributed by atoms with Gasteiger partial charge in [0.1, 0.15) is 0 Å². The maximum atomic E-state index is 3.37. The third-order valence-electron chi connectivity index (χ3n) is 1.91. The summed E-state index contributed by atoms with van der Waals surface area (Å²) in [6, 6.07) is 0. The van der Waals surface area contributed by atoms with Crippen molar-refractivity contribution in [3.05, 3.63) is 0 Å². The van der Waals surface area contributed by atoms with E-state index in [2.05, 4.69) is 21.3 Å². The maximum absolute atomic E-state index is 3.37. The molecule has 0 atom stereocenters. The minimum atomic E-state index is 0. The van der Waals surface area contributed by atoms with Crippen LogP contribution in [-0.4, -0.2) is 45.9 Å². The molecule has 0 aromatic rings. The van der Waals surface area contributed by atoms with Gasteiger partial charge in [0.2, 0.25) is 0 Å². The SMILES string of the molecule is C1CNCCNCNCCNC1.[Gd]. The molecule has 1 aliphatic heterocycles. The van der Waals surface area contributed by atoms with Gasteiger partial charge in [-0.3, -0.25) is 0 Å². The fourth-order valence-corrected chi connectivity index (χ4v) is 1.21. The molecule has 4 N–H and O–H groups in total. The Morgan fingerprint density at radius 1 is 0.538 bits per heavy atom. The minimum Gasteiger partial charge on any atom is -0.315 e. The van der Waals surface area contributed by atoms with Gasteiger partial charge in [0.25, 0.3) is 0 Å². The van der Waals surface area contributed by atoms with E-state index in [-0.39, 0.29) is 39.9 Å². The third kappa shape index (κ3) is 9.47. The molecule has 0 aromatic heterocycles. The summed E-state index contributed by atoms with van der Waals surface area (Å²) in [7, 11) is 0. The number of rotatable bonds is 0. The smallest absolute Gasteiger partial charge is 0.0455 e. The first-order chi connectivity index (χ1) is 6.00. The molecule has 5 heteroatoms. The van der Waals surface area contributed by atoms with Crippen molar-refractivity contribution in [3.8, 4) is 0 Å². The topological polar surface area (TPSA) is 48.1 Å². The van der Waals surface area contributed by atoms with Crippen LogP contribution in [0, 0.1) is 39.9 Å². The van der Waals surface area contributed by atoms with Crippen LogP contribution in [0.4, 0.5) is 0 Å². The normalized spacial score (nSPS) is 22.2. The molecular formula is C8H20GdN4. The van der Waals surface area contributed by atoms with Gasteiger partial charge in [0.15, 0.2) is 0 Å². The van der Waals surface area contributed by atoms with E-state index in [0.717, 1.165) is 45.9 Å². The zero-order chi connectivity index (χ0) is 8.49. The van der Waals surface area contributed by atoms with Gasteiger partial charge in [-0.15, -0.1) is 0 Å². The monoisotopic (exact) mass is 330 g/mol. The molecule has 1 aliphatic rings. The molecule has 0 bridgehead atoms. The molecule has 1 fully saturated rings. The Balaban J connectivity index is 0.00000144. The molecule has 80 valence electrons. The fraction of sp³-hybridized carbons (Fsp3) is 1.00. The Morgan fingerprint density at radius 2 is 1.00 bits per heavy atom. The summed E-state index contributed by atoms with van der Waals surface area (Å²) >= 11 is 0. The summed E-state index contributed by atoms with van der Waals surface area (Å²) < 4.78 is 0. The van der Waals surface area contributed by atoms with Crippen molar-refractivity contribution in [2.75, 3.05) is 45.9 Å². The second-order valence-corrected chi connectivity index (χ2v) is 3.03. The van der Waals surface area contributed by atoms with Crippen molar-refractivity contribution in [2.24, 2.45) is 0 Å². The van der Waals surface area contributed by atoms with Crippen molar-refractivity contribution in [1.82, 2.24) is 21.3 Å². The van der Waals surface area contributed by atoms with Crippen LogP contribution >= 0.6 is 0 Å². The average molecular weight is 330 g/mol. The van der Waals surface area contributed by atoms with Crippen LogP contribution < -0.4 is 21.3 Å². The van der Waals surface area contributed by atoms with Crippen LogP contribution in [0.2, 0.25) is 0 Å². The predicted octanol–water partition coefficient (Wildman–Crippen LogP) is -1.29. The van der Waals surface area contributed by atoms with Crippen molar-refractivity contribution in [2.45, 2.75) is 6.42 Å². The fourth-order valence-electron chi connectivity index (χ4n) is 1.21. The van der Waals surface area contributed by atoms with E-state index in [0.29, 0.717) is 0 Å². The molecule has 0 unspecified atom stereocenters. The molecule has 0 aliphatic carbocycles. The summed E-state index contributed by atoms with van der Waals surface area (Å²) in [6.07, 6.45) is 1.22. The molecule has 0 amide bonds. The van der Waals surface area contributed by atoms with Gasteiger partial charge >= 0.3 is 0 Å². The molecule has 4 nitrogen and oxygen atoms in total. The van der Waals surface area contributed by atoms with Gasteiger partial charge in [-0.25, -0.2) is 0 Å². The van der Waals surface area contributed by atoms with Gasteiger partial charge in [-0.1, -0.05) is 0 Å². The van der Waals surface area contributed by atoms with Crippen molar-refractivity contribution in [3.63, 3.8) is 0 Å². The summed E-state index contributed by atoms with van der Waals surface area (Å²) in [4.78, 5) is 0. The summed E-state index contributed by atoms with van der Waals surface area (Å²) in [5.74, 6) is 0. The molecule has 0 spiro atoms. The van der Waals surface area contributed by atoms with Crippen LogP contribution in [0.1, 0.15) is 6.42 Å². The van der Waals surface area contributed by atoms with Gasteiger partial charge in [0.05, 0.1) is 0 Å². The van der Waals surface area contributed by atoms with Crippen LogP contribution in [0.25, 0.3) is 0 Å². The Hall–Kier alpha value is 1.16. The largest absolute Gasteiger partial charge is 0.315 e. The van der Waals surface area contributed by atoms with Crippen molar-refractivity contribution >= 4 is 0 Å². The molecule has 0 radical (unpaired) electrons. The first kappa shape index (κ1) is 14.2. The number of hydrogen-bond donors (Lipinski definition) is 4. The number of nitrogens with one attached hydrogen (secondary N) is 4. The predicted molar refractivity (Wildman–Crippen MR) is 51.2 cm³/mol. The van der Waals surface area contributed by atoms with E-state index in [1.54, 1.807) is 0 Å². The van der Waals surface area contributed by atoms with Gasteiger partial charge < -0.3 is 21.3 Å². The Morgan fingerprint density at radius 3 is 1.54 bits per heavy atom. The van der Waals surface area contributed by atoms with E-state index in [1.165, 1.54) is 6.42 Å². The summed E-state index contributed by atoms with van der Waals surface area (Å²) in [5.41, 5.74) is 0. The first-order valence-electron chi connectivity index (χ1n) is 4.83. The van der Waals surface area contributed by atoms with Gasteiger partial charge in [0, 0.05) is 72.8 Å². The molecule has 0 aromatic carbocycles. The minimum absolute atomic E-state index is 0.